The van der Waals surface area contributed by atoms with E-state index < -0.39 is 0 Å². The van der Waals surface area contributed by atoms with Crippen LogP contribution in [0.15, 0.2) is 40.1 Å². The first-order valence-corrected chi connectivity index (χ1v) is 10.6. The highest BCUT2D eigenvalue weighted by atomic mass is 127. The van der Waals surface area contributed by atoms with Gasteiger partial charge in [-0.05, 0) is 30.5 Å². The second-order valence-electron chi connectivity index (χ2n) is 7.05. The zero-order valence-electron chi connectivity index (χ0n) is 17.0. The molecule has 0 atom stereocenters. The highest BCUT2D eigenvalue weighted by Crippen LogP contribution is 2.34. The van der Waals surface area contributed by atoms with Gasteiger partial charge in [0.05, 0.1) is 0 Å². The van der Waals surface area contributed by atoms with Crippen LogP contribution in [-0.4, -0.2) is 54.1 Å². The lowest BCUT2D eigenvalue weighted by Crippen LogP contribution is -2.48. The molecule has 2 aromatic rings. The Morgan fingerprint density at radius 2 is 1.97 bits per heavy atom. The Hall–Kier alpha value is -1.20. The summed E-state index contributed by atoms with van der Waals surface area (Å²) in [6, 6.07) is 8.66. The predicted molar refractivity (Wildman–Crippen MR) is 130 cm³/mol. The largest absolute Gasteiger partial charge is 0.381 e. The highest BCUT2D eigenvalue weighted by molar-refractivity contribution is 14.0. The van der Waals surface area contributed by atoms with E-state index in [0.717, 1.165) is 68.4 Å². The second-order valence-corrected chi connectivity index (χ2v) is 7.96. The molecule has 9 heteroatoms. The Morgan fingerprint density at radius 3 is 2.62 bits per heavy atom. The van der Waals surface area contributed by atoms with Crippen molar-refractivity contribution in [3.05, 3.63) is 46.5 Å². The molecule has 0 bridgehead atoms. The molecule has 1 aliphatic heterocycles. The van der Waals surface area contributed by atoms with Gasteiger partial charge in [0.15, 0.2) is 5.96 Å². The number of halogens is 2. The summed E-state index contributed by atoms with van der Waals surface area (Å²) in [7, 11) is 1.81. The van der Waals surface area contributed by atoms with Gasteiger partial charge in [0, 0.05) is 56.2 Å². The van der Waals surface area contributed by atoms with Gasteiger partial charge in [0.2, 0.25) is 0 Å². The van der Waals surface area contributed by atoms with Crippen molar-refractivity contribution in [2.45, 2.75) is 38.1 Å². The number of hydrogen-bond acceptors (Lipinski definition) is 4. The molecule has 2 N–H and O–H groups in total. The topological polar surface area (TPSA) is 76.4 Å². The summed E-state index contributed by atoms with van der Waals surface area (Å²) in [6.07, 6.45) is 4.66. The van der Waals surface area contributed by atoms with Crippen molar-refractivity contribution < 1.29 is 4.74 Å². The third-order valence-corrected chi connectivity index (χ3v) is 5.91. The fourth-order valence-electron chi connectivity index (χ4n) is 3.64. The van der Waals surface area contributed by atoms with Crippen LogP contribution in [0.1, 0.15) is 31.2 Å². The van der Waals surface area contributed by atoms with E-state index >= 15 is 0 Å². The van der Waals surface area contributed by atoms with Gasteiger partial charge in [-0.1, -0.05) is 35.0 Å². The molecule has 7 nitrogen and oxygen atoms in total. The first kappa shape index (κ1) is 24.1. The van der Waals surface area contributed by atoms with Gasteiger partial charge >= 0.3 is 0 Å². The molecular weight excluding hydrogens is 547 g/mol. The zero-order valence-corrected chi connectivity index (χ0v) is 20.9. The van der Waals surface area contributed by atoms with Crippen molar-refractivity contribution >= 4 is 45.9 Å². The summed E-state index contributed by atoms with van der Waals surface area (Å²) >= 11 is 3.54. The Kier molecular flexibility index (Phi) is 9.84. The SMILES string of the molecule is CCc1nncn1CCNC(=NC)NCC1(c2ccc(Br)cc2)CCOCC1.I. The lowest BCUT2D eigenvalue weighted by molar-refractivity contribution is 0.0514. The molecule has 1 aliphatic rings. The third kappa shape index (κ3) is 6.39. The number of aliphatic imine (C=N–C) groups is 1. The number of nitrogens with one attached hydrogen (secondary N) is 2. The normalized spacial score (nSPS) is 16.2. The minimum atomic E-state index is 0. The summed E-state index contributed by atoms with van der Waals surface area (Å²) in [5.74, 6) is 1.82. The molecule has 1 saturated heterocycles. The third-order valence-electron chi connectivity index (χ3n) is 5.38. The monoisotopic (exact) mass is 576 g/mol. The van der Waals surface area contributed by atoms with Gasteiger partial charge in [0.25, 0.3) is 0 Å². The van der Waals surface area contributed by atoms with Crippen molar-refractivity contribution in [2.75, 3.05) is 33.4 Å². The number of benzene rings is 1. The molecular formula is C20H30BrIN6O. The van der Waals surface area contributed by atoms with E-state index in [0.29, 0.717) is 0 Å². The van der Waals surface area contributed by atoms with Crippen LogP contribution >= 0.6 is 39.9 Å². The first-order chi connectivity index (χ1) is 13.7. The molecule has 0 aliphatic carbocycles. The average Bonchev–Trinajstić information content (AvgIpc) is 3.19. The summed E-state index contributed by atoms with van der Waals surface area (Å²) in [4.78, 5) is 4.39. The van der Waals surface area contributed by atoms with Crippen LogP contribution in [0.3, 0.4) is 0 Å². The Morgan fingerprint density at radius 1 is 1.24 bits per heavy atom. The molecule has 3 rings (SSSR count). The lowest BCUT2D eigenvalue weighted by Gasteiger charge is -2.38. The fraction of sp³-hybridized carbons (Fsp3) is 0.550. The predicted octanol–water partition coefficient (Wildman–Crippen LogP) is 3.13. The van der Waals surface area contributed by atoms with Crippen LogP contribution in [-0.2, 0) is 23.1 Å². The van der Waals surface area contributed by atoms with Crippen LogP contribution < -0.4 is 10.6 Å². The van der Waals surface area contributed by atoms with Gasteiger partial charge < -0.3 is 19.9 Å². The van der Waals surface area contributed by atoms with Crippen molar-refractivity contribution in [2.24, 2.45) is 4.99 Å². The van der Waals surface area contributed by atoms with E-state index in [2.05, 4.69) is 77.5 Å². The van der Waals surface area contributed by atoms with Crippen LogP contribution in [0.25, 0.3) is 0 Å². The smallest absolute Gasteiger partial charge is 0.191 e. The van der Waals surface area contributed by atoms with Crippen LogP contribution in [0.2, 0.25) is 0 Å². The number of nitrogens with zero attached hydrogens (tertiary/aromatic N) is 4. The molecule has 29 heavy (non-hydrogen) atoms. The summed E-state index contributed by atoms with van der Waals surface area (Å²) < 4.78 is 8.81. The molecule has 0 spiro atoms. The number of aryl methyl sites for hydroxylation is 1. The van der Waals surface area contributed by atoms with Gasteiger partial charge in [-0.25, -0.2) is 0 Å². The van der Waals surface area contributed by atoms with E-state index in [1.165, 1.54) is 5.56 Å². The van der Waals surface area contributed by atoms with Crippen molar-refractivity contribution in [3.63, 3.8) is 0 Å². The average molecular weight is 577 g/mol. The maximum Gasteiger partial charge on any atom is 0.191 e. The summed E-state index contributed by atoms with van der Waals surface area (Å²) in [5.41, 5.74) is 1.40. The van der Waals surface area contributed by atoms with Gasteiger partial charge in [-0.2, -0.15) is 0 Å². The number of ether oxygens (including phenoxy) is 1. The lowest BCUT2D eigenvalue weighted by atomic mass is 9.74. The molecule has 1 fully saturated rings. The Bertz CT molecular complexity index is 774. The van der Waals surface area contributed by atoms with Crippen molar-refractivity contribution in [1.82, 2.24) is 25.4 Å². The van der Waals surface area contributed by atoms with E-state index in [1.807, 2.05) is 7.05 Å². The van der Waals surface area contributed by atoms with Crippen LogP contribution in [0.5, 0.6) is 0 Å². The van der Waals surface area contributed by atoms with Crippen molar-refractivity contribution in [3.8, 4) is 0 Å². The quantitative estimate of drug-likeness (QED) is 0.301. The van der Waals surface area contributed by atoms with E-state index in [1.54, 1.807) is 6.33 Å². The van der Waals surface area contributed by atoms with Crippen LogP contribution in [0, 0.1) is 0 Å². The fourth-order valence-corrected chi connectivity index (χ4v) is 3.91. The maximum absolute atomic E-state index is 5.63. The standard InChI is InChI=1S/C20H29BrN6O.HI/c1-3-18-26-25-15-27(18)11-10-23-19(22-2)24-14-20(8-12-28-13-9-20)16-4-6-17(21)7-5-16;/h4-7,15H,3,8-14H2,1-2H3,(H2,22,23,24);1H. The number of aromatic nitrogens is 3. The van der Waals surface area contributed by atoms with E-state index in [4.69, 9.17) is 4.74 Å². The molecule has 160 valence electrons. The van der Waals surface area contributed by atoms with Gasteiger partial charge in [-0.3, -0.25) is 4.99 Å². The highest BCUT2D eigenvalue weighted by Gasteiger charge is 2.34. The number of guanidine groups is 1. The summed E-state index contributed by atoms with van der Waals surface area (Å²) in [5, 5.41) is 15.0. The molecule has 0 radical (unpaired) electrons. The van der Waals surface area contributed by atoms with Crippen LogP contribution in [0.4, 0.5) is 0 Å². The second kappa shape index (κ2) is 11.8. The molecule has 0 amide bonds. The first-order valence-electron chi connectivity index (χ1n) is 9.82. The van der Waals surface area contributed by atoms with Gasteiger partial charge in [-0.15, -0.1) is 34.2 Å². The zero-order chi connectivity index (χ0) is 19.8. The van der Waals surface area contributed by atoms with Crippen molar-refractivity contribution in [1.29, 1.82) is 0 Å². The van der Waals surface area contributed by atoms with E-state index in [-0.39, 0.29) is 29.4 Å². The minimum Gasteiger partial charge on any atom is -0.381 e. The summed E-state index contributed by atoms with van der Waals surface area (Å²) in [6.45, 7) is 6.06. The van der Waals surface area contributed by atoms with E-state index in [9.17, 15) is 0 Å². The molecule has 0 unspecified atom stereocenters. The number of rotatable bonds is 7. The molecule has 1 aromatic heterocycles. The molecule has 2 heterocycles. The minimum absolute atomic E-state index is 0. The Balaban J connectivity index is 0.00000300. The molecule has 0 saturated carbocycles. The number of hydrogen-bond donors (Lipinski definition) is 2. The molecule has 1 aromatic carbocycles. The Labute approximate surface area is 198 Å². The van der Waals surface area contributed by atoms with Gasteiger partial charge in [0.1, 0.15) is 12.2 Å². The maximum atomic E-state index is 5.63.